The Labute approximate surface area is 191 Å². The minimum absolute atomic E-state index is 0.0723. The van der Waals surface area contributed by atoms with Crippen molar-refractivity contribution in [2.24, 2.45) is 0 Å². The monoisotopic (exact) mass is 440 g/mol. The van der Waals surface area contributed by atoms with Gasteiger partial charge in [0, 0.05) is 18.5 Å². The number of carbonyl (C=O) groups excluding carboxylic acids is 2. The number of amides is 2. The van der Waals surface area contributed by atoms with Crippen LogP contribution in [0.15, 0.2) is 42.5 Å². The number of benzene rings is 2. The average molecular weight is 441 g/mol. The summed E-state index contributed by atoms with van der Waals surface area (Å²) in [5.74, 6) is 1.05. The van der Waals surface area contributed by atoms with Gasteiger partial charge >= 0.3 is 0 Å². The number of hydrogen-bond donors (Lipinski definition) is 1. The summed E-state index contributed by atoms with van der Waals surface area (Å²) in [7, 11) is 3.18. The van der Waals surface area contributed by atoms with E-state index in [0.717, 1.165) is 16.7 Å². The molecule has 6 heteroatoms. The lowest BCUT2D eigenvalue weighted by Gasteiger charge is -2.31. The molecule has 2 aromatic rings. The van der Waals surface area contributed by atoms with Crippen molar-refractivity contribution in [3.63, 3.8) is 0 Å². The van der Waals surface area contributed by atoms with Crippen molar-refractivity contribution in [3.8, 4) is 11.5 Å². The predicted molar refractivity (Wildman–Crippen MR) is 127 cm³/mol. The van der Waals surface area contributed by atoms with E-state index in [9.17, 15) is 9.59 Å². The first kappa shape index (κ1) is 25.2. The fourth-order valence-corrected chi connectivity index (χ4v) is 3.38. The molecule has 6 nitrogen and oxygen atoms in total. The van der Waals surface area contributed by atoms with Crippen molar-refractivity contribution in [2.75, 3.05) is 14.2 Å². The second kappa shape index (κ2) is 11.0. The lowest BCUT2D eigenvalue weighted by molar-refractivity contribution is -0.141. The van der Waals surface area contributed by atoms with Crippen LogP contribution in [0.4, 0.5) is 0 Å². The van der Waals surface area contributed by atoms with Gasteiger partial charge in [0.2, 0.25) is 11.8 Å². The van der Waals surface area contributed by atoms with Crippen molar-refractivity contribution >= 4 is 11.8 Å². The minimum Gasteiger partial charge on any atom is -0.493 e. The van der Waals surface area contributed by atoms with E-state index in [1.807, 2.05) is 70.2 Å². The highest BCUT2D eigenvalue weighted by Gasteiger charge is 2.28. The Morgan fingerprint density at radius 3 is 2.12 bits per heavy atom. The van der Waals surface area contributed by atoms with Gasteiger partial charge in [0.1, 0.15) is 6.04 Å². The van der Waals surface area contributed by atoms with Gasteiger partial charge in [0.25, 0.3) is 0 Å². The summed E-state index contributed by atoms with van der Waals surface area (Å²) in [4.78, 5) is 27.8. The third kappa shape index (κ3) is 7.29. The van der Waals surface area contributed by atoms with Crippen LogP contribution in [0.1, 0.15) is 50.8 Å². The molecule has 0 saturated carbocycles. The first-order chi connectivity index (χ1) is 15.0. The zero-order valence-electron chi connectivity index (χ0n) is 20.3. The van der Waals surface area contributed by atoms with Crippen LogP contribution in [0.25, 0.3) is 0 Å². The maximum Gasteiger partial charge on any atom is 0.242 e. The number of aryl methyl sites for hydroxylation is 2. The summed E-state index contributed by atoms with van der Waals surface area (Å²) >= 11 is 0. The van der Waals surface area contributed by atoms with E-state index < -0.39 is 6.04 Å². The van der Waals surface area contributed by atoms with E-state index in [1.165, 1.54) is 0 Å². The van der Waals surface area contributed by atoms with Gasteiger partial charge in [-0.05, 0) is 64.3 Å². The van der Waals surface area contributed by atoms with E-state index in [-0.39, 0.29) is 23.8 Å². The largest absolute Gasteiger partial charge is 0.493 e. The number of nitrogens with one attached hydrogen (secondary N) is 1. The third-order valence-electron chi connectivity index (χ3n) is 5.21. The average Bonchev–Trinajstić information content (AvgIpc) is 2.75. The molecule has 0 aromatic heterocycles. The molecule has 174 valence electrons. The molecule has 0 saturated heterocycles. The van der Waals surface area contributed by atoms with Crippen molar-refractivity contribution in [3.05, 3.63) is 59.2 Å². The van der Waals surface area contributed by atoms with E-state index in [4.69, 9.17) is 9.47 Å². The number of nitrogens with zero attached hydrogens (tertiary/aromatic N) is 1. The lowest BCUT2D eigenvalue weighted by atomic mass is 10.1. The van der Waals surface area contributed by atoms with Gasteiger partial charge in [0.05, 0.1) is 14.2 Å². The van der Waals surface area contributed by atoms with Crippen LogP contribution in [-0.4, -0.2) is 42.5 Å². The Morgan fingerprint density at radius 1 is 0.969 bits per heavy atom. The first-order valence-corrected chi connectivity index (χ1v) is 10.9. The SMILES string of the molecule is COc1ccc(CCC(=O)N(Cc2ccc(C)cc2)[C@H](C)C(=O)NC(C)(C)C)cc1OC. The summed E-state index contributed by atoms with van der Waals surface area (Å²) in [6.07, 6.45) is 0.825. The quantitative estimate of drug-likeness (QED) is 0.632. The van der Waals surface area contributed by atoms with Gasteiger partial charge in [-0.15, -0.1) is 0 Å². The number of carbonyl (C=O) groups is 2. The smallest absolute Gasteiger partial charge is 0.242 e. The van der Waals surface area contributed by atoms with Crippen LogP contribution in [0.3, 0.4) is 0 Å². The van der Waals surface area contributed by atoms with Crippen LogP contribution in [0, 0.1) is 6.92 Å². The van der Waals surface area contributed by atoms with Crippen molar-refractivity contribution in [1.82, 2.24) is 10.2 Å². The molecule has 32 heavy (non-hydrogen) atoms. The second-order valence-electron chi connectivity index (χ2n) is 9.11. The lowest BCUT2D eigenvalue weighted by Crippen LogP contribution is -2.52. The van der Waals surface area contributed by atoms with Gasteiger partial charge in [-0.3, -0.25) is 9.59 Å². The Hall–Kier alpha value is -3.02. The molecule has 0 aliphatic carbocycles. The van der Waals surface area contributed by atoms with E-state index in [1.54, 1.807) is 26.0 Å². The standard InChI is InChI=1S/C26H36N2O4/c1-18-8-10-21(11-9-18)17-28(19(2)25(30)27-26(3,4)5)24(29)15-13-20-12-14-22(31-6)23(16-20)32-7/h8-12,14,16,19H,13,15,17H2,1-7H3,(H,27,30)/t19-/m1/s1. The molecule has 0 aliphatic rings. The summed E-state index contributed by atoms with van der Waals surface area (Å²) in [6, 6.07) is 13.1. The molecule has 1 N–H and O–H groups in total. The fraction of sp³-hybridized carbons (Fsp3) is 0.462. The number of hydrogen-bond acceptors (Lipinski definition) is 4. The molecule has 0 bridgehead atoms. The van der Waals surface area contributed by atoms with Gasteiger partial charge in [-0.1, -0.05) is 35.9 Å². The molecule has 0 heterocycles. The minimum atomic E-state index is -0.589. The molecule has 2 amide bonds. The molecule has 0 spiro atoms. The molecular weight excluding hydrogens is 404 g/mol. The first-order valence-electron chi connectivity index (χ1n) is 10.9. The van der Waals surface area contributed by atoms with Crippen LogP contribution < -0.4 is 14.8 Å². The fourth-order valence-electron chi connectivity index (χ4n) is 3.38. The summed E-state index contributed by atoms with van der Waals surface area (Å²) in [5.41, 5.74) is 2.74. The van der Waals surface area contributed by atoms with Crippen molar-refractivity contribution in [1.29, 1.82) is 0 Å². The highest BCUT2D eigenvalue weighted by Crippen LogP contribution is 2.28. The molecule has 2 rings (SSSR count). The molecule has 0 fully saturated rings. The predicted octanol–water partition coefficient (Wildman–Crippen LogP) is 4.28. The Kier molecular flexibility index (Phi) is 8.70. The van der Waals surface area contributed by atoms with E-state index in [2.05, 4.69) is 5.32 Å². The molecule has 1 atom stereocenters. The van der Waals surface area contributed by atoms with E-state index in [0.29, 0.717) is 24.5 Å². The second-order valence-corrected chi connectivity index (χ2v) is 9.11. The van der Waals surface area contributed by atoms with Crippen LogP contribution in [0.2, 0.25) is 0 Å². The summed E-state index contributed by atoms with van der Waals surface area (Å²) in [6.45, 7) is 9.98. The molecule has 0 unspecified atom stereocenters. The zero-order chi connectivity index (χ0) is 23.9. The topological polar surface area (TPSA) is 67.9 Å². The summed E-state index contributed by atoms with van der Waals surface area (Å²) < 4.78 is 10.6. The normalized spacial score (nSPS) is 12.1. The van der Waals surface area contributed by atoms with Gasteiger partial charge < -0.3 is 19.7 Å². The highest BCUT2D eigenvalue weighted by molar-refractivity contribution is 5.87. The number of methoxy groups -OCH3 is 2. The van der Waals surface area contributed by atoms with Crippen molar-refractivity contribution < 1.29 is 19.1 Å². The zero-order valence-corrected chi connectivity index (χ0v) is 20.3. The number of rotatable bonds is 9. The number of ether oxygens (including phenoxy) is 2. The Balaban J connectivity index is 2.18. The van der Waals surface area contributed by atoms with Gasteiger partial charge in [-0.2, -0.15) is 0 Å². The third-order valence-corrected chi connectivity index (χ3v) is 5.21. The van der Waals surface area contributed by atoms with Crippen LogP contribution in [0.5, 0.6) is 11.5 Å². The molecular formula is C26H36N2O4. The highest BCUT2D eigenvalue weighted by atomic mass is 16.5. The van der Waals surface area contributed by atoms with Gasteiger partial charge in [0.15, 0.2) is 11.5 Å². The van der Waals surface area contributed by atoms with Gasteiger partial charge in [-0.25, -0.2) is 0 Å². The van der Waals surface area contributed by atoms with Crippen molar-refractivity contribution in [2.45, 2.75) is 65.6 Å². The molecule has 0 aliphatic heterocycles. The summed E-state index contributed by atoms with van der Waals surface area (Å²) in [5, 5.41) is 2.99. The van der Waals surface area contributed by atoms with Crippen LogP contribution in [-0.2, 0) is 22.6 Å². The Morgan fingerprint density at radius 2 is 1.56 bits per heavy atom. The molecule has 0 radical (unpaired) electrons. The van der Waals surface area contributed by atoms with E-state index >= 15 is 0 Å². The maximum atomic E-state index is 13.3. The van der Waals surface area contributed by atoms with Crippen LogP contribution >= 0.6 is 0 Å². The maximum absolute atomic E-state index is 13.3. The Bertz CT molecular complexity index is 916. The molecule has 2 aromatic carbocycles.